The van der Waals surface area contributed by atoms with E-state index in [1.807, 2.05) is 24.3 Å². The number of aryl methyl sites for hydroxylation is 1. The topological polar surface area (TPSA) is 108 Å². The first kappa shape index (κ1) is 20.1. The van der Waals surface area contributed by atoms with Gasteiger partial charge in [-0.05, 0) is 18.2 Å². The molecule has 0 saturated carbocycles. The number of carbonyl (C=O) groups is 2. The van der Waals surface area contributed by atoms with E-state index in [1.54, 1.807) is 26.3 Å². The lowest BCUT2D eigenvalue weighted by Gasteiger charge is -2.18. The fraction of sp³-hybridized carbons (Fsp3) is 0.300. The first-order valence-electron chi connectivity index (χ1n) is 8.94. The number of aromatic nitrogens is 2. The maximum atomic E-state index is 12.2. The van der Waals surface area contributed by atoms with Gasteiger partial charge in [-0.1, -0.05) is 23.4 Å². The Morgan fingerprint density at radius 3 is 2.76 bits per heavy atom. The van der Waals surface area contributed by atoms with E-state index in [9.17, 15) is 9.59 Å². The Kier molecular flexibility index (Phi) is 6.62. The fourth-order valence-corrected chi connectivity index (χ4v) is 2.57. The van der Waals surface area contributed by atoms with E-state index in [4.69, 9.17) is 18.4 Å². The Morgan fingerprint density at radius 1 is 1.17 bits per heavy atom. The number of para-hydroxylation sites is 1. The van der Waals surface area contributed by atoms with E-state index >= 15 is 0 Å². The Balaban J connectivity index is 1.42. The summed E-state index contributed by atoms with van der Waals surface area (Å²) in [5.74, 6) is 0.923. The average Bonchev–Trinajstić information content (AvgIpc) is 3.42. The molecule has 2 heterocycles. The molecule has 0 unspecified atom stereocenters. The third-order valence-electron chi connectivity index (χ3n) is 4.14. The van der Waals surface area contributed by atoms with Gasteiger partial charge in [-0.15, -0.1) is 0 Å². The quantitative estimate of drug-likeness (QED) is 0.505. The molecule has 0 N–H and O–H groups in total. The van der Waals surface area contributed by atoms with Crippen molar-refractivity contribution < 1.29 is 28.0 Å². The van der Waals surface area contributed by atoms with Gasteiger partial charge in [-0.2, -0.15) is 4.98 Å². The molecule has 0 fully saturated rings. The van der Waals surface area contributed by atoms with Crippen molar-refractivity contribution in [3.05, 3.63) is 54.1 Å². The van der Waals surface area contributed by atoms with Crippen molar-refractivity contribution in [3.8, 4) is 17.3 Å². The lowest BCUT2D eigenvalue weighted by molar-refractivity contribution is -0.151. The van der Waals surface area contributed by atoms with Gasteiger partial charge in [0.25, 0.3) is 5.91 Å². The second-order valence-corrected chi connectivity index (χ2v) is 6.21. The molecule has 0 aliphatic rings. The van der Waals surface area contributed by atoms with Crippen LogP contribution in [0, 0.1) is 0 Å². The molecule has 3 rings (SSSR count). The molecule has 0 aliphatic carbocycles. The molecule has 2 aromatic heterocycles. The predicted octanol–water partition coefficient (Wildman–Crippen LogP) is 2.47. The fourth-order valence-electron chi connectivity index (χ4n) is 2.57. The smallest absolute Gasteiger partial charge is 0.306 e. The normalized spacial score (nSPS) is 10.6. The zero-order chi connectivity index (χ0) is 20.6. The molecule has 1 amide bonds. The highest BCUT2D eigenvalue weighted by Gasteiger charge is 2.16. The summed E-state index contributed by atoms with van der Waals surface area (Å²) < 4.78 is 20.6. The maximum absolute atomic E-state index is 12.2. The van der Waals surface area contributed by atoms with Gasteiger partial charge >= 0.3 is 5.97 Å². The molecule has 29 heavy (non-hydrogen) atoms. The number of esters is 1. The second kappa shape index (κ2) is 9.54. The number of hydrogen-bond donors (Lipinski definition) is 0. The van der Waals surface area contributed by atoms with Crippen LogP contribution in [-0.4, -0.2) is 47.7 Å². The lowest BCUT2D eigenvalue weighted by Crippen LogP contribution is -2.31. The molecule has 0 atom stereocenters. The molecule has 0 bridgehead atoms. The van der Waals surface area contributed by atoms with Crippen molar-refractivity contribution in [2.24, 2.45) is 0 Å². The number of nitrogens with zero attached hydrogens (tertiary/aromatic N) is 3. The van der Waals surface area contributed by atoms with E-state index in [0.717, 1.165) is 5.56 Å². The largest absolute Gasteiger partial charge is 0.496 e. The summed E-state index contributed by atoms with van der Waals surface area (Å²) in [5.41, 5.74) is 0.862. The summed E-state index contributed by atoms with van der Waals surface area (Å²) in [5, 5.41) is 3.78. The van der Waals surface area contributed by atoms with Crippen LogP contribution in [0.5, 0.6) is 5.75 Å². The lowest BCUT2D eigenvalue weighted by atomic mass is 10.2. The van der Waals surface area contributed by atoms with E-state index in [0.29, 0.717) is 23.9 Å². The molecule has 152 valence electrons. The molecular weight excluding hydrogens is 378 g/mol. The zero-order valence-electron chi connectivity index (χ0n) is 16.2. The first-order chi connectivity index (χ1) is 14.1. The molecule has 3 aromatic rings. The van der Waals surface area contributed by atoms with Crippen molar-refractivity contribution in [1.29, 1.82) is 0 Å². The van der Waals surface area contributed by atoms with Crippen LogP contribution in [0.1, 0.15) is 17.9 Å². The van der Waals surface area contributed by atoms with Gasteiger partial charge in [0, 0.05) is 25.6 Å². The van der Waals surface area contributed by atoms with Gasteiger partial charge in [0.2, 0.25) is 11.7 Å². The Morgan fingerprint density at radius 2 is 2.00 bits per heavy atom. The molecule has 0 radical (unpaired) electrons. The van der Waals surface area contributed by atoms with Crippen molar-refractivity contribution in [2.75, 3.05) is 20.8 Å². The molecule has 0 spiro atoms. The van der Waals surface area contributed by atoms with Crippen molar-refractivity contribution in [1.82, 2.24) is 15.0 Å². The van der Waals surface area contributed by atoms with E-state index < -0.39 is 5.97 Å². The highest BCUT2D eigenvalue weighted by atomic mass is 16.5. The van der Waals surface area contributed by atoms with Gasteiger partial charge in [-0.3, -0.25) is 9.59 Å². The minimum absolute atomic E-state index is 0.0172. The monoisotopic (exact) mass is 399 g/mol. The number of likely N-dealkylation sites (N-methyl/N-ethyl adjacent to an activating group) is 1. The van der Waals surface area contributed by atoms with Crippen molar-refractivity contribution in [3.63, 3.8) is 0 Å². The van der Waals surface area contributed by atoms with Crippen LogP contribution in [0.4, 0.5) is 0 Å². The van der Waals surface area contributed by atoms with Crippen LogP contribution >= 0.6 is 0 Å². The number of methoxy groups -OCH3 is 1. The van der Waals surface area contributed by atoms with Crippen LogP contribution in [-0.2, 0) is 27.3 Å². The predicted molar refractivity (Wildman–Crippen MR) is 101 cm³/mol. The third-order valence-corrected chi connectivity index (χ3v) is 4.14. The minimum Gasteiger partial charge on any atom is -0.496 e. The van der Waals surface area contributed by atoms with Crippen LogP contribution in [0.2, 0.25) is 0 Å². The van der Waals surface area contributed by atoms with Crippen molar-refractivity contribution in [2.45, 2.75) is 19.4 Å². The van der Waals surface area contributed by atoms with Gasteiger partial charge in [0.15, 0.2) is 12.4 Å². The highest BCUT2D eigenvalue weighted by molar-refractivity contribution is 5.80. The molecule has 0 saturated heterocycles. The van der Waals surface area contributed by atoms with Gasteiger partial charge < -0.3 is 23.3 Å². The van der Waals surface area contributed by atoms with Crippen LogP contribution in [0.3, 0.4) is 0 Å². The third kappa shape index (κ3) is 5.44. The van der Waals surface area contributed by atoms with Crippen LogP contribution in [0.25, 0.3) is 11.6 Å². The van der Waals surface area contributed by atoms with E-state index in [-0.39, 0.29) is 31.2 Å². The molecular formula is C20H21N3O6. The van der Waals surface area contributed by atoms with Gasteiger partial charge in [0.05, 0.1) is 19.8 Å². The zero-order valence-corrected chi connectivity index (χ0v) is 16.2. The summed E-state index contributed by atoms with van der Waals surface area (Å²) in [6.07, 6.45) is 1.73. The highest BCUT2D eigenvalue weighted by Crippen LogP contribution is 2.19. The number of rotatable bonds is 9. The van der Waals surface area contributed by atoms with Gasteiger partial charge in [0.1, 0.15) is 5.75 Å². The number of amides is 1. The second-order valence-electron chi connectivity index (χ2n) is 6.21. The standard InChI is InChI=1S/C20H21N3O6/c1-23(12-14-6-3-4-7-15(14)26-2)18(24)13-28-19(25)10-9-17-21-20(22-29-17)16-8-5-11-27-16/h3-8,11H,9-10,12-13H2,1-2H3. The van der Waals surface area contributed by atoms with Gasteiger partial charge in [-0.25, -0.2) is 0 Å². The number of carbonyl (C=O) groups excluding carboxylic acids is 2. The average molecular weight is 399 g/mol. The molecule has 0 aliphatic heterocycles. The summed E-state index contributed by atoms with van der Waals surface area (Å²) >= 11 is 0. The summed E-state index contributed by atoms with van der Waals surface area (Å²) in [4.78, 5) is 29.7. The molecule has 9 nitrogen and oxygen atoms in total. The number of benzene rings is 1. The van der Waals surface area contributed by atoms with Crippen molar-refractivity contribution >= 4 is 11.9 Å². The summed E-state index contributed by atoms with van der Waals surface area (Å²) in [7, 11) is 3.21. The minimum atomic E-state index is -0.526. The summed E-state index contributed by atoms with van der Waals surface area (Å²) in [6.45, 7) is 0.00387. The maximum Gasteiger partial charge on any atom is 0.306 e. The molecule has 1 aromatic carbocycles. The molecule has 9 heteroatoms. The van der Waals surface area contributed by atoms with E-state index in [2.05, 4.69) is 10.1 Å². The summed E-state index contributed by atoms with van der Waals surface area (Å²) in [6, 6.07) is 10.8. The first-order valence-corrected chi connectivity index (χ1v) is 8.94. The number of furan rings is 1. The number of ether oxygens (including phenoxy) is 2. The van der Waals surface area contributed by atoms with Crippen LogP contribution in [0.15, 0.2) is 51.6 Å². The Labute approximate surface area is 167 Å². The van der Waals surface area contributed by atoms with Crippen LogP contribution < -0.4 is 4.74 Å². The van der Waals surface area contributed by atoms with E-state index in [1.165, 1.54) is 11.2 Å². The SMILES string of the molecule is COc1ccccc1CN(C)C(=O)COC(=O)CCc1nc(-c2ccco2)no1. The number of hydrogen-bond acceptors (Lipinski definition) is 8. The Bertz CT molecular complexity index is 951. The Hall–Kier alpha value is -3.62.